The van der Waals surface area contributed by atoms with E-state index in [1.165, 1.54) is 12.0 Å². The van der Waals surface area contributed by atoms with Crippen LogP contribution in [0.4, 0.5) is 0 Å². The number of hydrogen-bond acceptors (Lipinski definition) is 3. The van der Waals surface area contributed by atoms with E-state index in [4.69, 9.17) is 14.2 Å². The molecule has 0 radical (unpaired) electrons. The minimum absolute atomic E-state index is 0.0374. The van der Waals surface area contributed by atoms with Gasteiger partial charge in [-0.05, 0) is 37.7 Å². The molecule has 2 saturated heterocycles. The van der Waals surface area contributed by atoms with Crippen molar-refractivity contribution in [3.63, 3.8) is 0 Å². The lowest BCUT2D eigenvalue weighted by Gasteiger charge is -2.48. The first-order chi connectivity index (χ1) is 9.81. The number of hydrogen-bond donors (Lipinski definition) is 0. The molecule has 0 saturated carbocycles. The van der Waals surface area contributed by atoms with Crippen molar-refractivity contribution in [2.75, 3.05) is 13.7 Å². The molecule has 0 spiro atoms. The van der Waals surface area contributed by atoms with Gasteiger partial charge in [-0.3, -0.25) is 0 Å². The second-order valence-electron chi connectivity index (χ2n) is 6.04. The van der Waals surface area contributed by atoms with Crippen molar-refractivity contribution in [1.29, 1.82) is 0 Å². The number of rotatable bonds is 5. The van der Waals surface area contributed by atoms with Gasteiger partial charge in [0.15, 0.2) is 0 Å². The van der Waals surface area contributed by atoms with Crippen molar-refractivity contribution in [1.82, 2.24) is 0 Å². The molecule has 3 atom stereocenters. The van der Waals surface area contributed by atoms with Crippen LogP contribution in [0.5, 0.6) is 0 Å². The normalized spacial score (nSPS) is 33.0. The molecule has 110 valence electrons. The second kappa shape index (κ2) is 6.25. The summed E-state index contributed by atoms with van der Waals surface area (Å²) in [6.07, 6.45) is 6.08. The van der Waals surface area contributed by atoms with E-state index in [-0.39, 0.29) is 17.8 Å². The van der Waals surface area contributed by atoms with Gasteiger partial charge < -0.3 is 14.2 Å². The quantitative estimate of drug-likeness (QED) is 0.825. The van der Waals surface area contributed by atoms with Gasteiger partial charge in [0.1, 0.15) is 0 Å². The van der Waals surface area contributed by atoms with Crippen molar-refractivity contribution < 1.29 is 14.2 Å². The van der Waals surface area contributed by atoms with Gasteiger partial charge >= 0.3 is 0 Å². The van der Waals surface area contributed by atoms with E-state index in [1.807, 2.05) is 6.07 Å². The highest BCUT2D eigenvalue weighted by molar-refractivity contribution is 5.13. The van der Waals surface area contributed by atoms with E-state index in [9.17, 15) is 0 Å². The highest BCUT2D eigenvalue weighted by Gasteiger charge is 2.44. The van der Waals surface area contributed by atoms with Crippen LogP contribution in [0.3, 0.4) is 0 Å². The maximum Gasteiger partial charge on any atom is 0.0920 e. The molecule has 3 heteroatoms. The highest BCUT2D eigenvalue weighted by atomic mass is 16.6. The zero-order chi connectivity index (χ0) is 13.8. The summed E-state index contributed by atoms with van der Waals surface area (Å²) in [4.78, 5) is 0. The van der Waals surface area contributed by atoms with E-state index in [0.717, 1.165) is 32.3 Å². The fourth-order valence-electron chi connectivity index (χ4n) is 3.51. The van der Waals surface area contributed by atoms with Crippen LogP contribution in [0.2, 0.25) is 0 Å². The Morgan fingerprint density at radius 2 is 2.05 bits per heavy atom. The van der Waals surface area contributed by atoms with Crippen molar-refractivity contribution in [3.8, 4) is 0 Å². The van der Waals surface area contributed by atoms with Crippen LogP contribution in [0.15, 0.2) is 30.3 Å². The van der Waals surface area contributed by atoms with Gasteiger partial charge in [0.05, 0.1) is 31.0 Å². The zero-order valence-electron chi connectivity index (χ0n) is 12.2. The van der Waals surface area contributed by atoms with Crippen molar-refractivity contribution in [2.45, 2.75) is 56.5 Å². The fraction of sp³-hybridized carbons (Fsp3) is 0.647. The van der Waals surface area contributed by atoms with Crippen molar-refractivity contribution in [3.05, 3.63) is 35.9 Å². The summed E-state index contributed by atoms with van der Waals surface area (Å²) in [5, 5.41) is 0. The molecule has 0 aromatic heterocycles. The Hall–Kier alpha value is -0.900. The molecule has 2 bridgehead atoms. The molecule has 1 aromatic rings. The predicted molar refractivity (Wildman–Crippen MR) is 77.6 cm³/mol. The molecule has 3 unspecified atom stereocenters. The predicted octanol–water partition coefficient (Wildman–Crippen LogP) is 3.32. The second-order valence-corrected chi connectivity index (χ2v) is 6.04. The van der Waals surface area contributed by atoms with Crippen LogP contribution < -0.4 is 0 Å². The number of fused-ring (bicyclic) bond motifs is 2. The summed E-state index contributed by atoms with van der Waals surface area (Å²) >= 11 is 0. The molecule has 2 aliphatic rings. The van der Waals surface area contributed by atoms with Crippen LogP contribution in [-0.4, -0.2) is 31.5 Å². The Kier molecular flexibility index (Phi) is 4.39. The summed E-state index contributed by atoms with van der Waals surface area (Å²) in [6, 6.07) is 10.4. The smallest absolute Gasteiger partial charge is 0.0920 e. The lowest BCUT2D eigenvalue weighted by atomic mass is 9.80. The molecule has 1 aromatic carbocycles. The molecule has 2 aliphatic heterocycles. The lowest BCUT2D eigenvalue weighted by Crippen LogP contribution is -2.53. The summed E-state index contributed by atoms with van der Waals surface area (Å²) in [6.45, 7) is 1.40. The molecule has 20 heavy (non-hydrogen) atoms. The number of benzene rings is 1. The summed E-state index contributed by atoms with van der Waals surface area (Å²) in [7, 11) is 1.76. The first-order valence-electron chi connectivity index (χ1n) is 7.64. The molecular formula is C17H24O3. The summed E-state index contributed by atoms with van der Waals surface area (Å²) in [5.74, 6) is 0. The molecule has 0 aliphatic carbocycles. The average Bonchev–Trinajstić information content (AvgIpc) is 2.48. The molecular weight excluding hydrogens is 252 g/mol. The first kappa shape index (κ1) is 14.1. The minimum atomic E-state index is -0.0374. The van der Waals surface area contributed by atoms with Gasteiger partial charge in [0, 0.05) is 7.11 Å². The maximum absolute atomic E-state index is 6.30. The van der Waals surface area contributed by atoms with E-state index < -0.39 is 0 Å². The van der Waals surface area contributed by atoms with Gasteiger partial charge in [0.2, 0.25) is 0 Å². The largest absolute Gasteiger partial charge is 0.382 e. The maximum atomic E-state index is 6.30. The van der Waals surface area contributed by atoms with Crippen LogP contribution in [0.25, 0.3) is 0 Å². The van der Waals surface area contributed by atoms with E-state index in [0.29, 0.717) is 6.61 Å². The summed E-state index contributed by atoms with van der Waals surface area (Å²) < 4.78 is 17.8. The Balaban J connectivity index is 1.57. The highest BCUT2D eigenvalue weighted by Crippen LogP contribution is 2.40. The number of ether oxygens (including phenoxy) is 3. The molecule has 2 fully saturated rings. The van der Waals surface area contributed by atoms with Crippen molar-refractivity contribution >= 4 is 0 Å². The Morgan fingerprint density at radius 3 is 2.85 bits per heavy atom. The Bertz CT molecular complexity index is 416. The van der Waals surface area contributed by atoms with Crippen LogP contribution in [-0.2, 0) is 20.8 Å². The molecule has 0 N–H and O–H groups in total. The monoisotopic (exact) mass is 276 g/mol. The van der Waals surface area contributed by atoms with Gasteiger partial charge in [-0.1, -0.05) is 30.3 Å². The SMILES string of the molecule is COCC12CCCC(O1)C(OCc1ccccc1)CC2. The number of methoxy groups -OCH3 is 1. The molecule has 3 nitrogen and oxygen atoms in total. The van der Waals surface area contributed by atoms with Crippen LogP contribution in [0, 0.1) is 0 Å². The lowest BCUT2D eigenvalue weighted by molar-refractivity contribution is -0.229. The molecule has 3 rings (SSSR count). The standard InChI is InChI=1S/C17H24O3/c1-18-13-17-10-5-8-16(20-17)15(9-11-17)19-12-14-6-3-2-4-7-14/h2-4,6-7,15-16H,5,8-13H2,1H3. The first-order valence-corrected chi connectivity index (χ1v) is 7.64. The fourth-order valence-corrected chi connectivity index (χ4v) is 3.51. The van der Waals surface area contributed by atoms with E-state index in [2.05, 4.69) is 24.3 Å². The Labute approximate surface area is 121 Å². The average molecular weight is 276 g/mol. The van der Waals surface area contributed by atoms with E-state index >= 15 is 0 Å². The van der Waals surface area contributed by atoms with Gasteiger partial charge in [-0.15, -0.1) is 0 Å². The topological polar surface area (TPSA) is 27.7 Å². The van der Waals surface area contributed by atoms with E-state index in [1.54, 1.807) is 7.11 Å². The zero-order valence-corrected chi connectivity index (χ0v) is 12.2. The van der Waals surface area contributed by atoms with Gasteiger partial charge in [-0.25, -0.2) is 0 Å². The van der Waals surface area contributed by atoms with Crippen LogP contribution >= 0.6 is 0 Å². The van der Waals surface area contributed by atoms with Gasteiger partial charge in [0.25, 0.3) is 0 Å². The molecule has 2 heterocycles. The third-order valence-corrected chi connectivity index (χ3v) is 4.54. The van der Waals surface area contributed by atoms with Gasteiger partial charge in [-0.2, -0.15) is 0 Å². The molecule has 0 amide bonds. The minimum Gasteiger partial charge on any atom is -0.382 e. The third kappa shape index (κ3) is 3.05. The van der Waals surface area contributed by atoms with Crippen LogP contribution in [0.1, 0.15) is 37.7 Å². The Morgan fingerprint density at radius 1 is 1.20 bits per heavy atom. The third-order valence-electron chi connectivity index (χ3n) is 4.54. The van der Waals surface area contributed by atoms with Crippen molar-refractivity contribution in [2.24, 2.45) is 0 Å². The summed E-state index contributed by atoms with van der Waals surface area (Å²) in [5.41, 5.74) is 1.20.